The SMILES string of the molecule is CCCCSc1cccc(CCO)c1. The third kappa shape index (κ3) is 4.16. The zero-order valence-corrected chi connectivity index (χ0v) is 9.52. The molecular weight excluding hydrogens is 192 g/mol. The normalized spacial score (nSPS) is 10.4. The Kier molecular flexibility index (Phi) is 5.72. The fourth-order valence-electron chi connectivity index (χ4n) is 1.25. The molecule has 0 unspecified atom stereocenters. The maximum absolute atomic E-state index is 8.82. The molecule has 14 heavy (non-hydrogen) atoms. The zero-order chi connectivity index (χ0) is 10.2. The van der Waals surface area contributed by atoms with Crippen molar-refractivity contribution < 1.29 is 5.11 Å². The van der Waals surface area contributed by atoms with E-state index in [0.29, 0.717) is 0 Å². The highest BCUT2D eigenvalue weighted by molar-refractivity contribution is 7.99. The predicted octanol–water partition coefficient (Wildman–Crippen LogP) is 3.11. The van der Waals surface area contributed by atoms with Gasteiger partial charge < -0.3 is 5.11 Å². The molecule has 0 amide bonds. The highest BCUT2D eigenvalue weighted by atomic mass is 32.2. The quantitative estimate of drug-likeness (QED) is 0.575. The first-order chi connectivity index (χ1) is 6.86. The fraction of sp³-hybridized carbons (Fsp3) is 0.500. The Balaban J connectivity index is 2.46. The summed E-state index contributed by atoms with van der Waals surface area (Å²) < 4.78 is 0. The molecule has 0 atom stereocenters. The average Bonchev–Trinajstić information content (AvgIpc) is 2.19. The van der Waals surface area contributed by atoms with Gasteiger partial charge in [0, 0.05) is 11.5 Å². The summed E-state index contributed by atoms with van der Waals surface area (Å²) in [5.41, 5.74) is 1.23. The number of hydrogen-bond acceptors (Lipinski definition) is 2. The van der Waals surface area contributed by atoms with Gasteiger partial charge in [0.25, 0.3) is 0 Å². The van der Waals surface area contributed by atoms with Gasteiger partial charge in [-0.2, -0.15) is 0 Å². The maximum atomic E-state index is 8.82. The van der Waals surface area contributed by atoms with E-state index in [0.717, 1.165) is 6.42 Å². The summed E-state index contributed by atoms with van der Waals surface area (Å²) in [6.07, 6.45) is 3.29. The number of aliphatic hydroxyl groups is 1. The van der Waals surface area contributed by atoms with Crippen LogP contribution >= 0.6 is 11.8 Å². The molecule has 0 aromatic heterocycles. The van der Waals surface area contributed by atoms with Crippen LogP contribution in [0.15, 0.2) is 29.2 Å². The van der Waals surface area contributed by atoms with E-state index >= 15 is 0 Å². The van der Waals surface area contributed by atoms with Crippen molar-refractivity contribution in [2.75, 3.05) is 12.4 Å². The largest absolute Gasteiger partial charge is 0.396 e. The smallest absolute Gasteiger partial charge is 0.0471 e. The van der Waals surface area contributed by atoms with E-state index in [1.807, 2.05) is 11.8 Å². The van der Waals surface area contributed by atoms with Crippen molar-refractivity contribution in [3.8, 4) is 0 Å². The number of thioether (sulfide) groups is 1. The van der Waals surface area contributed by atoms with Crippen LogP contribution in [-0.4, -0.2) is 17.5 Å². The van der Waals surface area contributed by atoms with Crippen LogP contribution in [0.5, 0.6) is 0 Å². The molecule has 0 saturated carbocycles. The molecule has 0 bridgehead atoms. The van der Waals surface area contributed by atoms with Crippen LogP contribution < -0.4 is 0 Å². The minimum atomic E-state index is 0.239. The molecular formula is C12H18OS. The summed E-state index contributed by atoms with van der Waals surface area (Å²) in [5, 5.41) is 8.82. The molecule has 0 fully saturated rings. The van der Waals surface area contributed by atoms with Gasteiger partial charge in [0.2, 0.25) is 0 Å². The average molecular weight is 210 g/mol. The highest BCUT2D eigenvalue weighted by Gasteiger charge is 1.96. The molecule has 0 aliphatic rings. The molecule has 1 aromatic rings. The van der Waals surface area contributed by atoms with Gasteiger partial charge in [-0.05, 0) is 36.3 Å². The standard InChI is InChI=1S/C12H18OS/c1-2-3-9-14-12-6-4-5-11(10-12)7-8-13/h4-6,10,13H,2-3,7-9H2,1H3. The van der Waals surface area contributed by atoms with Gasteiger partial charge in [-0.1, -0.05) is 25.5 Å². The monoisotopic (exact) mass is 210 g/mol. The van der Waals surface area contributed by atoms with Crippen molar-refractivity contribution >= 4 is 11.8 Å². The van der Waals surface area contributed by atoms with Crippen molar-refractivity contribution in [1.82, 2.24) is 0 Å². The van der Waals surface area contributed by atoms with E-state index in [1.54, 1.807) is 0 Å². The Morgan fingerprint density at radius 1 is 1.36 bits per heavy atom. The van der Waals surface area contributed by atoms with E-state index in [9.17, 15) is 0 Å². The molecule has 1 N–H and O–H groups in total. The molecule has 1 rings (SSSR count). The van der Waals surface area contributed by atoms with Gasteiger partial charge in [0.15, 0.2) is 0 Å². The Bertz CT molecular complexity index is 260. The molecule has 0 radical (unpaired) electrons. The molecule has 0 spiro atoms. The molecule has 0 aliphatic carbocycles. The summed E-state index contributed by atoms with van der Waals surface area (Å²) in [7, 11) is 0. The number of aliphatic hydroxyl groups excluding tert-OH is 1. The van der Waals surface area contributed by atoms with Crippen molar-refractivity contribution in [2.45, 2.75) is 31.1 Å². The summed E-state index contributed by atoms with van der Waals surface area (Å²) in [4.78, 5) is 1.32. The highest BCUT2D eigenvalue weighted by Crippen LogP contribution is 2.20. The first kappa shape index (κ1) is 11.6. The lowest BCUT2D eigenvalue weighted by Gasteiger charge is -2.03. The minimum Gasteiger partial charge on any atom is -0.396 e. The van der Waals surface area contributed by atoms with Crippen LogP contribution in [-0.2, 0) is 6.42 Å². The van der Waals surface area contributed by atoms with Gasteiger partial charge in [-0.3, -0.25) is 0 Å². The number of benzene rings is 1. The Morgan fingerprint density at radius 2 is 2.21 bits per heavy atom. The van der Waals surface area contributed by atoms with Crippen LogP contribution in [0.4, 0.5) is 0 Å². The molecule has 1 aromatic carbocycles. The van der Waals surface area contributed by atoms with E-state index in [4.69, 9.17) is 5.11 Å². The second kappa shape index (κ2) is 6.91. The Labute approximate surface area is 90.5 Å². The van der Waals surface area contributed by atoms with Crippen LogP contribution in [0.3, 0.4) is 0 Å². The zero-order valence-electron chi connectivity index (χ0n) is 8.70. The van der Waals surface area contributed by atoms with Gasteiger partial charge in [0.1, 0.15) is 0 Å². The van der Waals surface area contributed by atoms with Crippen LogP contribution in [0.25, 0.3) is 0 Å². The molecule has 1 nitrogen and oxygen atoms in total. The second-order valence-electron chi connectivity index (χ2n) is 3.32. The first-order valence-corrected chi connectivity index (χ1v) is 6.18. The van der Waals surface area contributed by atoms with Gasteiger partial charge in [0.05, 0.1) is 0 Å². The molecule has 2 heteroatoms. The van der Waals surface area contributed by atoms with Crippen molar-refractivity contribution in [3.05, 3.63) is 29.8 Å². The molecule has 0 aliphatic heterocycles. The Morgan fingerprint density at radius 3 is 2.93 bits per heavy atom. The third-order valence-corrected chi connectivity index (χ3v) is 3.15. The molecule has 0 saturated heterocycles. The summed E-state index contributed by atoms with van der Waals surface area (Å²) in [5.74, 6) is 1.19. The second-order valence-corrected chi connectivity index (χ2v) is 4.49. The van der Waals surface area contributed by atoms with Crippen LogP contribution in [0, 0.1) is 0 Å². The summed E-state index contributed by atoms with van der Waals surface area (Å²) >= 11 is 1.90. The molecule has 0 heterocycles. The number of hydrogen-bond donors (Lipinski definition) is 1. The van der Waals surface area contributed by atoms with E-state index in [-0.39, 0.29) is 6.61 Å². The van der Waals surface area contributed by atoms with Crippen molar-refractivity contribution in [1.29, 1.82) is 0 Å². The van der Waals surface area contributed by atoms with Crippen molar-refractivity contribution in [3.63, 3.8) is 0 Å². The lowest BCUT2D eigenvalue weighted by atomic mass is 10.2. The van der Waals surface area contributed by atoms with Crippen molar-refractivity contribution in [2.24, 2.45) is 0 Å². The molecule has 78 valence electrons. The first-order valence-electron chi connectivity index (χ1n) is 5.19. The number of rotatable bonds is 6. The third-order valence-electron chi connectivity index (χ3n) is 2.07. The van der Waals surface area contributed by atoms with Crippen LogP contribution in [0.1, 0.15) is 25.3 Å². The lowest BCUT2D eigenvalue weighted by Crippen LogP contribution is -1.90. The van der Waals surface area contributed by atoms with Gasteiger partial charge >= 0.3 is 0 Å². The topological polar surface area (TPSA) is 20.2 Å². The number of unbranched alkanes of at least 4 members (excludes halogenated alkanes) is 1. The van der Waals surface area contributed by atoms with Gasteiger partial charge in [-0.15, -0.1) is 11.8 Å². The van der Waals surface area contributed by atoms with Gasteiger partial charge in [-0.25, -0.2) is 0 Å². The summed E-state index contributed by atoms with van der Waals surface area (Å²) in [6.45, 7) is 2.45. The maximum Gasteiger partial charge on any atom is 0.0471 e. The Hall–Kier alpha value is -0.470. The predicted molar refractivity (Wildman–Crippen MR) is 62.9 cm³/mol. The fourth-order valence-corrected chi connectivity index (χ4v) is 2.33. The van der Waals surface area contributed by atoms with E-state index in [1.165, 1.54) is 29.1 Å². The lowest BCUT2D eigenvalue weighted by molar-refractivity contribution is 0.299. The van der Waals surface area contributed by atoms with E-state index < -0.39 is 0 Å². The van der Waals surface area contributed by atoms with E-state index in [2.05, 4.69) is 31.2 Å². The van der Waals surface area contributed by atoms with Crippen LogP contribution in [0.2, 0.25) is 0 Å². The summed E-state index contributed by atoms with van der Waals surface area (Å²) in [6, 6.07) is 8.46. The minimum absolute atomic E-state index is 0.239.